The molecule has 0 saturated carbocycles. The number of carbonyl (C=O) groups is 1. The quantitative estimate of drug-likeness (QED) is 0.909. The monoisotopic (exact) mass is 323 g/mol. The number of halogens is 1. The summed E-state index contributed by atoms with van der Waals surface area (Å²) in [5.41, 5.74) is 3.11. The van der Waals surface area contributed by atoms with E-state index in [1.54, 1.807) is 17.5 Å². The van der Waals surface area contributed by atoms with Crippen molar-refractivity contribution in [1.82, 2.24) is 10.3 Å². The summed E-state index contributed by atoms with van der Waals surface area (Å²) in [5.74, 6) is 0.234. The first-order valence-corrected chi connectivity index (χ1v) is 7.66. The zero-order chi connectivity index (χ0) is 13.9. The Morgan fingerprint density at radius 2 is 2.38 bits per heavy atom. The molecule has 0 radical (unpaired) electrons. The smallest absolute Gasteiger partial charge is 0.251 e. The van der Waals surface area contributed by atoms with E-state index in [1.165, 1.54) is 5.56 Å². The van der Waals surface area contributed by atoms with Crippen LogP contribution in [0.5, 0.6) is 0 Å². The van der Waals surface area contributed by atoms with Crippen molar-refractivity contribution in [3.05, 3.63) is 45.9 Å². The van der Waals surface area contributed by atoms with Crippen LogP contribution in [0.4, 0.5) is 5.69 Å². The molecule has 21 heavy (non-hydrogen) atoms. The fourth-order valence-corrected chi connectivity index (χ4v) is 3.06. The summed E-state index contributed by atoms with van der Waals surface area (Å²) in [6.45, 7) is 3.65. The second-order valence-electron chi connectivity index (χ2n) is 5.03. The van der Waals surface area contributed by atoms with Crippen LogP contribution in [0, 0.1) is 0 Å². The zero-order valence-electron chi connectivity index (χ0n) is 11.8. The standard InChI is InChI=1S/C15H17N3OS.ClH/c1-10(15-17-6-7-20-15)9-18-14(19)12-2-3-13-11(8-12)4-5-16-13;/h2-3,6-8,10,16H,4-5,9H2,1H3,(H,18,19);1H. The summed E-state index contributed by atoms with van der Waals surface area (Å²) < 4.78 is 0. The molecule has 0 spiro atoms. The van der Waals surface area contributed by atoms with Gasteiger partial charge in [0, 0.05) is 41.8 Å². The third-order valence-corrected chi connectivity index (χ3v) is 4.53. The highest BCUT2D eigenvalue weighted by Crippen LogP contribution is 2.23. The number of carbonyl (C=O) groups excluding carboxylic acids is 1. The molecule has 1 unspecified atom stereocenters. The summed E-state index contributed by atoms with van der Waals surface area (Å²) in [5, 5.41) is 9.30. The van der Waals surface area contributed by atoms with Crippen LogP contribution in [-0.2, 0) is 6.42 Å². The van der Waals surface area contributed by atoms with Crippen LogP contribution in [0.15, 0.2) is 29.8 Å². The number of fused-ring (bicyclic) bond motifs is 1. The first kappa shape index (κ1) is 15.8. The summed E-state index contributed by atoms with van der Waals surface area (Å²) in [6, 6.07) is 5.85. The molecule has 2 heterocycles. The normalized spacial score (nSPS) is 13.8. The molecule has 0 bridgehead atoms. The molecule has 2 aromatic rings. The summed E-state index contributed by atoms with van der Waals surface area (Å²) in [4.78, 5) is 16.4. The number of rotatable bonds is 4. The minimum atomic E-state index is -0.0110. The lowest BCUT2D eigenvalue weighted by molar-refractivity contribution is 0.0951. The second kappa shape index (κ2) is 6.91. The number of nitrogens with one attached hydrogen (secondary N) is 2. The van der Waals surface area contributed by atoms with Crippen molar-refractivity contribution in [2.24, 2.45) is 0 Å². The molecule has 1 aliphatic heterocycles. The van der Waals surface area contributed by atoms with Crippen molar-refractivity contribution in [3.63, 3.8) is 0 Å². The van der Waals surface area contributed by atoms with Gasteiger partial charge in [0.1, 0.15) is 0 Å². The Morgan fingerprint density at radius 3 is 3.14 bits per heavy atom. The van der Waals surface area contributed by atoms with Gasteiger partial charge in [0.25, 0.3) is 5.91 Å². The van der Waals surface area contributed by atoms with Crippen LogP contribution >= 0.6 is 23.7 Å². The van der Waals surface area contributed by atoms with Crippen molar-refractivity contribution in [2.45, 2.75) is 19.3 Å². The Bertz CT molecular complexity index is 615. The van der Waals surface area contributed by atoms with Crippen LogP contribution < -0.4 is 10.6 Å². The molecule has 4 nitrogen and oxygen atoms in total. The molecule has 1 atom stereocenters. The van der Waals surface area contributed by atoms with E-state index in [9.17, 15) is 4.79 Å². The van der Waals surface area contributed by atoms with Gasteiger partial charge in [0.15, 0.2) is 0 Å². The second-order valence-corrected chi connectivity index (χ2v) is 5.96. The van der Waals surface area contributed by atoms with E-state index in [2.05, 4.69) is 22.5 Å². The Balaban J connectivity index is 0.00000161. The predicted octanol–water partition coefficient (Wildman–Crippen LogP) is 3.07. The number of benzene rings is 1. The van der Waals surface area contributed by atoms with Crippen LogP contribution in [0.1, 0.15) is 33.8 Å². The molecular formula is C15H18ClN3OS. The van der Waals surface area contributed by atoms with Gasteiger partial charge in [-0.25, -0.2) is 4.98 Å². The fraction of sp³-hybridized carbons (Fsp3) is 0.333. The van der Waals surface area contributed by atoms with Gasteiger partial charge in [-0.2, -0.15) is 0 Å². The summed E-state index contributed by atoms with van der Waals surface area (Å²) in [7, 11) is 0. The van der Waals surface area contributed by atoms with Crippen LogP contribution in [0.25, 0.3) is 0 Å². The number of hydrogen-bond donors (Lipinski definition) is 2. The Hall–Kier alpha value is -1.59. The number of hydrogen-bond acceptors (Lipinski definition) is 4. The van der Waals surface area contributed by atoms with Gasteiger partial charge >= 0.3 is 0 Å². The number of nitrogens with zero attached hydrogens (tertiary/aromatic N) is 1. The number of aromatic nitrogens is 1. The lowest BCUT2D eigenvalue weighted by Gasteiger charge is -2.10. The molecule has 0 saturated heterocycles. The average molecular weight is 324 g/mol. The van der Waals surface area contributed by atoms with Crippen LogP contribution in [0.2, 0.25) is 0 Å². The summed E-state index contributed by atoms with van der Waals surface area (Å²) >= 11 is 1.62. The molecule has 1 aromatic carbocycles. The molecule has 2 N–H and O–H groups in total. The third kappa shape index (κ3) is 3.54. The molecule has 6 heteroatoms. The maximum Gasteiger partial charge on any atom is 0.251 e. The lowest BCUT2D eigenvalue weighted by Crippen LogP contribution is -2.27. The maximum atomic E-state index is 12.2. The first-order valence-electron chi connectivity index (χ1n) is 6.78. The van der Waals surface area contributed by atoms with Crippen molar-refractivity contribution in [2.75, 3.05) is 18.4 Å². The van der Waals surface area contributed by atoms with Gasteiger partial charge < -0.3 is 10.6 Å². The Kier molecular flexibility index (Phi) is 5.20. The van der Waals surface area contributed by atoms with Gasteiger partial charge in [-0.05, 0) is 30.2 Å². The van der Waals surface area contributed by atoms with E-state index in [0.29, 0.717) is 6.54 Å². The van der Waals surface area contributed by atoms with E-state index in [4.69, 9.17) is 0 Å². The van der Waals surface area contributed by atoms with Gasteiger partial charge in [0.05, 0.1) is 5.01 Å². The SMILES string of the molecule is CC(CNC(=O)c1ccc2c(c1)CCN2)c1nccs1.Cl. The van der Waals surface area contributed by atoms with Crippen LogP contribution in [-0.4, -0.2) is 24.0 Å². The minimum absolute atomic E-state index is 0. The average Bonchev–Trinajstić information content (AvgIpc) is 3.13. The number of amides is 1. The van der Waals surface area contributed by atoms with Gasteiger partial charge in [-0.3, -0.25) is 4.79 Å². The minimum Gasteiger partial charge on any atom is -0.384 e. The Labute approximate surface area is 134 Å². The predicted molar refractivity (Wildman–Crippen MR) is 88.7 cm³/mol. The van der Waals surface area contributed by atoms with Gasteiger partial charge in [-0.1, -0.05) is 6.92 Å². The number of anilines is 1. The third-order valence-electron chi connectivity index (χ3n) is 3.52. The molecule has 1 aliphatic rings. The van der Waals surface area contributed by atoms with E-state index in [1.807, 2.05) is 23.6 Å². The highest BCUT2D eigenvalue weighted by atomic mass is 35.5. The molecule has 0 fully saturated rings. The zero-order valence-corrected chi connectivity index (χ0v) is 13.4. The Morgan fingerprint density at radius 1 is 1.52 bits per heavy atom. The van der Waals surface area contributed by atoms with Crippen LogP contribution in [0.3, 0.4) is 0 Å². The van der Waals surface area contributed by atoms with Crippen molar-refractivity contribution in [1.29, 1.82) is 0 Å². The topological polar surface area (TPSA) is 54.0 Å². The maximum absolute atomic E-state index is 12.2. The van der Waals surface area contributed by atoms with Crippen molar-refractivity contribution < 1.29 is 4.79 Å². The number of thiazole rings is 1. The fourth-order valence-electron chi connectivity index (χ4n) is 2.36. The summed E-state index contributed by atoms with van der Waals surface area (Å²) in [6.07, 6.45) is 2.79. The van der Waals surface area contributed by atoms with E-state index >= 15 is 0 Å². The highest BCUT2D eigenvalue weighted by Gasteiger charge is 2.14. The highest BCUT2D eigenvalue weighted by molar-refractivity contribution is 7.09. The van der Waals surface area contributed by atoms with Crippen molar-refractivity contribution >= 4 is 35.3 Å². The van der Waals surface area contributed by atoms with E-state index < -0.39 is 0 Å². The van der Waals surface area contributed by atoms with Gasteiger partial charge in [0.2, 0.25) is 0 Å². The molecule has 1 amide bonds. The molecular weight excluding hydrogens is 306 g/mol. The van der Waals surface area contributed by atoms with E-state index in [-0.39, 0.29) is 24.2 Å². The molecule has 3 rings (SSSR count). The molecule has 0 aliphatic carbocycles. The lowest BCUT2D eigenvalue weighted by atomic mass is 10.1. The first-order chi connectivity index (χ1) is 9.74. The largest absolute Gasteiger partial charge is 0.384 e. The molecule has 1 aromatic heterocycles. The van der Waals surface area contributed by atoms with Gasteiger partial charge in [-0.15, -0.1) is 23.7 Å². The molecule has 112 valence electrons. The van der Waals surface area contributed by atoms with Crippen molar-refractivity contribution in [3.8, 4) is 0 Å². The van der Waals surface area contributed by atoms with E-state index in [0.717, 1.165) is 29.2 Å².